The minimum Gasteiger partial charge on any atom is -0.494 e. The third-order valence-electron chi connectivity index (χ3n) is 3.25. The summed E-state index contributed by atoms with van der Waals surface area (Å²) in [5.41, 5.74) is 3.06. The number of anilines is 1. The second kappa shape index (κ2) is 6.96. The van der Waals surface area contributed by atoms with Crippen molar-refractivity contribution in [3.8, 4) is 5.75 Å². The van der Waals surface area contributed by atoms with E-state index in [0.717, 1.165) is 17.0 Å². The zero-order valence-electron chi connectivity index (χ0n) is 12.0. The molecule has 0 heterocycles. The average Bonchev–Trinajstić information content (AvgIpc) is 2.49. The van der Waals surface area contributed by atoms with E-state index in [1.165, 1.54) is 5.56 Å². The minimum atomic E-state index is 0.0408. The molecule has 3 nitrogen and oxygen atoms in total. The smallest absolute Gasteiger partial charge is 0.119 e. The molecule has 0 aliphatic heterocycles. The maximum absolute atomic E-state index is 9.34. The summed E-state index contributed by atoms with van der Waals surface area (Å²) in [5.74, 6) is 0.888. The van der Waals surface area contributed by atoms with E-state index in [2.05, 4.69) is 24.4 Å². The number of rotatable bonds is 6. The van der Waals surface area contributed by atoms with Crippen LogP contribution in [0.3, 0.4) is 0 Å². The summed E-state index contributed by atoms with van der Waals surface area (Å²) < 4.78 is 5.44. The lowest BCUT2D eigenvalue weighted by Gasteiger charge is -2.18. The van der Waals surface area contributed by atoms with E-state index in [0.29, 0.717) is 6.61 Å². The largest absolute Gasteiger partial charge is 0.494 e. The third kappa shape index (κ3) is 3.52. The Labute approximate surface area is 120 Å². The monoisotopic (exact) mass is 271 g/mol. The summed E-state index contributed by atoms with van der Waals surface area (Å²) in [6, 6.07) is 16.0. The second-order valence-corrected chi connectivity index (χ2v) is 4.68. The first-order valence-corrected chi connectivity index (χ1v) is 6.92. The highest BCUT2D eigenvalue weighted by Gasteiger charge is 2.08. The molecule has 20 heavy (non-hydrogen) atoms. The number of hydrogen-bond acceptors (Lipinski definition) is 3. The molecule has 2 aromatic rings. The summed E-state index contributed by atoms with van der Waals surface area (Å²) in [5, 5.41) is 12.8. The second-order valence-electron chi connectivity index (χ2n) is 4.68. The van der Waals surface area contributed by atoms with Gasteiger partial charge in [-0.15, -0.1) is 0 Å². The van der Waals surface area contributed by atoms with Crippen molar-refractivity contribution in [2.75, 3.05) is 11.9 Å². The number of para-hydroxylation sites is 1. The molecule has 0 amide bonds. The molecule has 0 spiro atoms. The molecule has 0 aliphatic rings. The van der Waals surface area contributed by atoms with Gasteiger partial charge in [0.05, 0.1) is 13.2 Å². The highest BCUT2D eigenvalue weighted by molar-refractivity contribution is 5.52. The molecule has 106 valence electrons. The van der Waals surface area contributed by atoms with Crippen LogP contribution in [0.15, 0.2) is 48.5 Å². The molecule has 1 unspecified atom stereocenters. The minimum absolute atomic E-state index is 0.0408. The fourth-order valence-electron chi connectivity index (χ4n) is 2.13. The molecule has 0 bridgehead atoms. The third-order valence-corrected chi connectivity index (χ3v) is 3.25. The number of hydrogen-bond donors (Lipinski definition) is 2. The van der Waals surface area contributed by atoms with E-state index >= 15 is 0 Å². The predicted molar refractivity (Wildman–Crippen MR) is 82.0 cm³/mol. The van der Waals surface area contributed by atoms with Crippen LogP contribution in [0.1, 0.15) is 31.0 Å². The van der Waals surface area contributed by atoms with Crippen LogP contribution in [0.5, 0.6) is 5.75 Å². The molecule has 2 rings (SSSR count). The van der Waals surface area contributed by atoms with E-state index in [9.17, 15) is 5.11 Å². The number of aliphatic hydroxyl groups excluding tert-OH is 1. The number of nitrogens with one attached hydrogen (secondary N) is 1. The van der Waals surface area contributed by atoms with Crippen LogP contribution in [0.2, 0.25) is 0 Å². The molecular formula is C17H21NO2. The van der Waals surface area contributed by atoms with Crippen LogP contribution in [-0.4, -0.2) is 11.7 Å². The molecule has 1 atom stereocenters. The van der Waals surface area contributed by atoms with Gasteiger partial charge in [0, 0.05) is 17.3 Å². The zero-order chi connectivity index (χ0) is 14.4. The van der Waals surface area contributed by atoms with Gasteiger partial charge in [-0.2, -0.15) is 0 Å². The van der Waals surface area contributed by atoms with Crippen molar-refractivity contribution in [3.63, 3.8) is 0 Å². The Balaban J connectivity index is 2.09. The maximum atomic E-state index is 9.34. The Morgan fingerprint density at radius 1 is 1.10 bits per heavy atom. The number of aliphatic hydroxyl groups is 1. The van der Waals surface area contributed by atoms with Crippen molar-refractivity contribution in [1.29, 1.82) is 0 Å². The Bertz CT molecular complexity index is 537. The van der Waals surface area contributed by atoms with Gasteiger partial charge in [-0.1, -0.05) is 30.3 Å². The van der Waals surface area contributed by atoms with Gasteiger partial charge in [-0.3, -0.25) is 0 Å². The Morgan fingerprint density at radius 2 is 1.80 bits per heavy atom. The van der Waals surface area contributed by atoms with Crippen molar-refractivity contribution < 1.29 is 9.84 Å². The molecule has 0 radical (unpaired) electrons. The van der Waals surface area contributed by atoms with Gasteiger partial charge >= 0.3 is 0 Å². The van der Waals surface area contributed by atoms with Crippen molar-refractivity contribution in [1.82, 2.24) is 0 Å². The molecular weight excluding hydrogens is 250 g/mol. The van der Waals surface area contributed by atoms with Gasteiger partial charge in [0.25, 0.3) is 0 Å². The van der Waals surface area contributed by atoms with E-state index in [4.69, 9.17) is 4.74 Å². The van der Waals surface area contributed by atoms with Crippen molar-refractivity contribution in [2.45, 2.75) is 26.5 Å². The summed E-state index contributed by atoms with van der Waals surface area (Å²) >= 11 is 0. The molecule has 2 N–H and O–H groups in total. The molecule has 0 saturated heterocycles. The Morgan fingerprint density at radius 3 is 2.45 bits per heavy atom. The van der Waals surface area contributed by atoms with Crippen LogP contribution in [0.4, 0.5) is 5.69 Å². The van der Waals surface area contributed by atoms with E-state index < -0.39 is 0 Å². The summed E-state index contributed by atoms with van der Waals surface area (Å²) in [6.45, 7) is 4.80. The lowest BCUT2D eigenvalue weighted by molar-refractivity contribution is 0.282. The van der Waals surface area contributed by atoms with E-state index in [1.54, 1.807) is 0 Å². The van der Waals surface area contributed by atoms with Crippen LogP contribution in [0, 0.1) is 0 Å². The zero-order valence-corrected chi connectivity index (χ0v) is 12.0. The highest BCUT2D eigenvalue weighted by atomic mass is 16.5. The predicted octanol–water partition coefficient (Wildman–Crippen LogP) is 3.75. The normalized spacial score (nSPS) is 11.9. The molecule has 0 fully saturated rings. The highest BCUT2D eigenvalue weighted by Crippen LogP contribution is 2.24. The van der Waals surface area contributed by atoms with Crippen LogP contribution in [-0.2, 0) is 6.61 Å². The topological polar surface area (TPSA) is 41.5 Å². The van der Waals surface area contributed by atoms with Gasteiger partial charge < -0.3 is 15.2 Å². The van der Waals surface area contributed by atoms with E-state index in [-0.39, 0.29) is 12.6 Å². The summed E-state index contributed by atoms with van der Waals surface area (Å²) in [6.07, 6.45) is 0. The Hall–Kier alpha value is -2.00. The first kappa shape index (κ1) is 14.4. The van der Waals surface area contributed by atoms with Crippen LogP contribution < -0.4 is 10.1 Å². The molecule has 0 aromatic heterocycles. The van der Waals surface area contributed by atoms with Crippen LogP contribution >= 0.6 is 0 Å². The first-order valence-electron chi connectivity index (χ1n) is 6.92. The number of benzene rings is 2. The standard InChI is InChI=1S/C17H21NO2/c1-3-20-16-10-8-14(9-11-16)13(2)18-17-7-5-4-6-15(17)12-19/h4-11,13,18-19H,3,12H2,1-2H3. The molecule has 0 saturated carbocycles. The first-order chi connectivity index (χ1) is 9.74. The average molecular weight is 271 g/mol. The van der Waals surface area contributed by atoms with Gasteiger partial charge in [0.2, 0.25) is 0 Å². The molecule has 0 aliphatic carbocycles. The van der Waals surface area contributed by atoms with Crippen molar-refractivity contribution in [3.05, 3.63) is 59.7 Å². The van der Waals surface area contributed by atoms with Crippen LogP contribution in [0.25, 0.3) is 0 Å². The van der Waals surface area contributed by atoms with Crippen molar-refractivity contribution in [2.24, 2.45) is 0 Å². The summed E-state index contributed by atoms with van der Waals surface area (Å²) in [7, 11) is 0. The van der Waals surface area contributed by atoms with Gasteiger partial charge in [0.1, 0.15) is 5.75 Å². The summed E-state index contributed by atoms with van der Waals surface area (Å²) in [4.78, 5) is 0. The van der Waals surface area contributed by atoms with Gasteiger partial charge in [0.15, 0.2) is 0 Å². The lowest BCUT2D eigenvalue weighted by atomic mass is 10.1. The van der Waals surface area contributed by atoms with Gasteiger partial charge in [-0.05, 0) is 37.6 Å². The van der Waals surface area contributed by atoms with Crippen molar-refractivity contribution >= 4 is 5.69 Å². The number of ether oxygens (including phenoxy) is 1. The fourth-order valence-corrected chi connectivity index (χ4v) is 2.13. The van der Waals surface area contributed by atoms with Gasteiger partial charge in [-0.25, -0.2) is 0 Å². The van der Waals surface area contributed by atoms with E-state index in [1.807, 2.05) is 43.3 Å². The maximum Gasteiger partial charge on any atom is 0.119 e. The quantitative estimate of drug-likeness (QED) is 0.840. The Kier molecular flexibility index (Phi) is 5.02. The lowest BCUT2D eigenvalue weighted by Crippen LogP contribution is -2.08. The molecule has 3 heteroatoms. The fraction of sp³-hybridized carbons (Fsp3) is 0.294. The SMILES string of the molecule is CCOc1ccc(C(C)Nc2ccccc2CO)cc1. The molecule has 2 aromatic carbocycles.